The number of hydrogen-bond acceptors (Lipinski definition) is 2. The summed E-state index contributed by atoms with van der Waals surface area (Å²) in [5, 5.41) is 0. The highest BCUT2D eigenvalue weighted by molar-refractivity contribution is 6.17. The van der Waals surface area contributed by atoms with Crippen LogP contribution >= 0.6 is 11.6 Å². The van der Waals surface area contributed by atoms with Gasteiger partial charge in [-0.05, 0) is 24.1 Å². The first kappa shape index (κ1) is 10.6. The summed E-state index contributed by atoms with van der Waals surface area (Å²) in [6.45, 7) is 0.986. The van der Waals surface area contributed by atoms with E-state index >= 15 is 0 Å². The normalized spacial score (nSPS) is 13.8. The van der Waals surface area contributed by atoms with E-state index in [1.54, 1.807) is 0 Å². The molecule has 2 aromatic rings. The molecule has 0 aliphatic carbocycles. The quantitative estimate of drug-likeness (QED) is 0.752. The molecular weight excluding hydrogens is 232 g/mol. The van der Waals surface area contributed by atoms with Crippen molar-refractivity contribution >= 4 is 23.1 Å². The number of aromatic nitrogens is 1. The minimum absolute atomic E-state index is 0.502. The van der Waals surface area contributed by atoms with Gasteiger partial charge in [0.2, 0.25) is 0 Å². The molecule has 1 aromatic carbocycles. The minimum Gasteiger partial charge on any atom is -0.326 e. The van der Waals surface area contributed by atoms with Crippen LogP contribution in [0.4, 0.5) is 11.5 Å². The lowest BCUT2D eigenvalue weighted by Gasteiger charge is -2.20. The van der Waals surface area contributed by atoms with Crippen LogP contribution in [0.2, 0.25) is 0 Å². The van der Waals surface area contributed by atoms with E-state index < -0.39 is 0 Å². The summed E-state index contributed by atoms with van der Waals surface area (Å²) in [5.41, 5.74) is 3.74. The van der Waals surface area contributed by atoms with Crippen LogP contribution in [-0.4, -0.2) is 11.5 Å². The summed E-state index contributed by atoms with van der Waals surface area (Å²) < 4.78 is 0. The highest BCUT2D eigenvalue weighted by atomic mass is 35.5. The molecule has 2 nitrogen and oxygen atoms in total. The van der Waals surface area contributed by atoms with Gasteiger partial charge in [0.1, 0.15) is 5.82 Å². The Morgan fingerprint density at radius 1 is 1.18 bits per heavy atom. The Hall–Kier alpha value is -1.54. The average molecular weight is 245 g/mol. The maximum absolute atomic E-state index is 5.97. The predicted molar refractivity (Wildman–Crippen MR) is 70.9 cm³/mol. The van der Waals surface area contributed by atoms with Gasteiger partial charge in [0.25, 0.3) is 0 Å². The number of fused-ring (bicyclic) bond motifs is 1. The van der Waals surface area contributed by atoms with Gasteiger partial charge in [-0.15, -0.1) is 11.6 Å². The molecule has 1 aliphatic rings. The van der Waals surface area contributed by atoms with Gasteiger partial charge >= 0.3 is 0 Å². The average Bonchev–Trinajstić information content (AvgIpc) is 2.82. The van der Waals surface area contributed by atoms with Gasteiger partial charge in [-0.2, -0.15) is 0 Å². The van der Waals surface area contributed by atoms with Gasteiger partial charge in [-0.3, -0.25) is 0 Å². The molecule has 0 N–H and O–H groups in total. The van der Waals surface area contributed by atoms with Crippen molar-refractivity contribution in [1.29, 1.82) is 0 Å². The maximum atomic E-state index is 5.97. The van der Waals surface area contributed by atoms with Crippen molar-refractivity contribution in [2.75, 3.05) is 11.4 Å². The van der Waals surface area contributed by atoms with E-state index in [0.29, 0.717) is 5.88 Å². The fourth-order valence-corrected chi connectivity index (χ4v) is 2.54. The van der Waals surface area contributed by atoms with Gasteiger partial charge in [0.05, 0.1) is 5.88 Å². The minimum atomic E-state index is 0.502. The summed E-state index contributed by atoms with van der Waals surface area (Å²) in [5.74, 6) is 1.49. The Balaban J connectivity index is 2.07. The van der Waals surface area contributed by atoms with Crippen molar-refractivity contribution in [2.24, 2.45) is 0 Å². The van der Waals surface area contributed by atoms with Crippen molar-refractivity contribution in [2.45, 2.75) is 12.3 Å². The van der Waals surface area contributed by atoms with Crippen LogP contribution in [-0.2, 0) is 12.3 Å². The van der Waals surface area contributed by atoms with Crippen LogP contribution < -0.4 is 4.90 Å². The molecule has 0 saturated heterocycles. The Morgan fingerprint density at radius 2 is 2.06 bits per heavy atom. The molecule has 17 heavy (non-hydrogen) atoms. The van der Waals surface area contributed by atoms with E-state index in [1.165, 1.54) is 11.3 Å². The molecule has 0 spiro atoms. The molecule has 3 heteroatoms. The Kier molecular flexibility index (Phi) is 2.73. The number of para-hydroxylation sites is 1. The third kappa shape index (κ3) is 1.79. The van der Waals surface area contributed by atoms with Crippen molar-refractivity contribution < 1.29 is 0 Å². The monoisotopic (exact) mass is 244 g/mol. The second kappa shape index (κ2) is 4.38. The Bertz CT molecular complexity index is 539. The van der Waals surface area contributed by atoms with Crippen LogP contribution in [0.25, 0.3) is 0 Å². The summed E-state index contributed by atoms with van der Waals surface area (Å²) in [7, 11) is 0. The molecular formula is C14H13ClN2. The highest BCUT2D eigenvalue weighted by Gasteiger charge is 2.22. The number of halogens is 1. The zero-order chi connectivity index (χ0) is 11.7. The summed E-state index contributed by atoms with van der Waals surface area (Å²) in [4.78, 5) is 6.73. The van der Waals surface area contributed by atoms with Crippen molar-refractivity contribution in [3.8, 4) is 0 Å². The van der Waals surface area contributed by atoms with Crippen LogP contribution in [0.3, 0.4) is 0 Å². The first-order valence-electron chi connectivity index (χ1n) is 5.75. The van der Waals surface area contributed by atoms with Gasteiger partial charge in [0, 0.05) is 24.0 Å². The maximum Gasteiger partial charge on any atom is 0.137 e. The van der Waals surface area contributed by atoms with Crippen LogP contribution in [0.5, 0.6) is 0 Å². The van der Waals surface area contributed by atoms with Gasteiger partial charge in [-0.25, -0.2) is 4.98 Å². The van der Waals surface area contributed by atoms with Crippen LogP contribution in [0.15, 0.2) is 42.6 Å². The molecule has 1 aliphatic heterocycles. The van der Waals surface area contributed by atoms with Crippen molar-refractivity contribution in [3.05, 3.63) is 53.7 Å². The van der Waals surface area contributed by atoms with E-state index in [4.69, 9.17) is 11.6 Å². The number of anilines is 2. The molecule has 2 heterocycles. The van der Waals surface area contributed by atoms with Crippen molar-refractivity contribution in [3.63, 3.8) is 0 Å². The molecule has 0 fully saturated rings. The van der Waals surface area contributed by atoms with Gasteiger partial charge in [-0.1, -0.05) is 24.3 Å². The number of benzene rings is 1. The molecule has 0 atom stereocenters. The smallest absolute Gasteiger partial charge is 0.137 e. The number of hydrogen-bond donors (Lipinski definition) is 0. The topological polar surface area (TPSA) is 16.1 Å². The first-order valence-corrected chi connectivity index (χ1v) is 6.29. The summed E-state index contributed by atoms with van der Waals surface area (Å²) in [6, 6.07) is 12.5. The predicted octanol–water partition coefficient (Wildman–Crippen LogP) is 3.51. The van der Waals surface area contributed by atoms with E-state index in [9.17, 15) is 0 Å². The Morgan fingerprint density at radius 3 is 2.94 bits per heavy atom. The lowest BCUT2D eigenvalue weighted by molar-refractivity contribution is 0.964. The van der Waals surface area contributed by atoms with E-state index in [2.05, 4.69) is 34.1 Å². The zero-order valence-corrected chi connectivity index (χ0v) is 10.2. The van der Waals surface area contributed by atoms with Crippen LogP contribution in [0.1, 0.15) is 11.1 Å². The SMILES string of the molecule is ClCc1cccnc1N1CCc2ccccc21. The first-order chi connectivity index (χ1) is 8.40. The fraction of sp³-hybridized carbons (Fsp3) is 0.214. The second-order valence-corrected chi connectivity index (χ2v) is 4.42. The summed E-state index contributed by atoms with van der Waals surface area (Å²) in [6.07, 6.45) is 2.90. The lowest BCUT2D eigenvalue weighted by Crippen LogP contribution is -2.16. The van der Waals surface area contributed by atoms with Crippen molar-refractivity contribution in [1.82, 2.24) is 4.98 Å². The molecule has 1 aromatic heterocycles. The standard InChI is InChI=1S/C14H13ClN2/c15-10-12-5-3-8-16-14(12)17-9-7-11-4-1-2-6-13(11)17/h1-6,8H,7,9-10H2. The molecule has 86 valence electrons. The second-order valence-electron chi connectivity index (χ2n) is 4.15. The lowest BCUT2D eigenvalue weighted by atomic mass is 10.2. The van der Waals surface area contributed by atoms with Crippen LogP contribution in [0, 0.1) is 0 Å². The number of pyridine rings is 1. The zero-order valence-electron chi connectivity index (χ0n) is 9.44. The van der Waals surface area contributed by atoms with Gasteiger partial charge < -0.3 is 4.90 Å². The number of nitrogens with zero attached hydrogens (tertiary/aromatic N) is 2. The molecule has 0 amide bonds. The largest absolute Gasteiger partial charge is 0.326 e. The molecule has 3 rings (SSSR count). The van der Waals surface area contributed by atoms with E-state index in [-0.39, 0.29) is 0 Å². The molecule has 0 bridgehead atoms. The number of rotatable bonds is 2. The number of alkyl halides is 1. The van der Waals surface area contributed by atoms with Gasteiger partial charge in [0.15, 0.2) is 0 Å². The highest BCUT2D eigenvalue weighted by Crippen LogP contribution is 2.34. The van der Waals surface area contributed by atoms with E-state index in [0.717, 1.165) is 24.3 Å². The van der Waals surface area contributed by atoms with E-state index in [1.807, 2.05) is 18.3 Å². The Labute approximate surface area is 106 Å². The molecule has 0 radical (unpaired) electrons. The summed E-state index contributed by atoms with van der Waals surface area (Å²) >= 11 is 5.97. The molecule has 0 unspecified atom stereocenters. The fourth-order valence-electron chi connectivity index (χ4n) is 2.34. The molecule has 0 saturated carbocycles. The third-order valence-corrected chi connectivity index (χ3v) is 3.44. The third-order valence-electron chi connectivity index (χ3n) is 3.15.